The molecule has 0 saturated heterocycles. The van der Waals surface area contributed by atoms with Gasteiger partial charge in [-0.3, -0.25) is 4.79 Å². The van der Waals surface area contributed by atoms with Gasteiger partial charge in [-0.1, -0.05) is 53.0 Å². The number of hydrogen-bond acceptors (Lipinski definition) is 2. The molecule has 0 N–H and O–H groups in total. The molecule has 1 aliphatic rings. The number of alkyl halides is 1. The minimum Gasteiger partial charge on any atom is -0.302 e. The molecule has 18 heavy (non-hydrogen) atoms. The number of nitrogens with zero attached hydrogens (tertiary/aromatic N) is 1. The molecule has 0 radical (unpaired) electrons. The van der Waals surface area contributed by atoms with Crippen molar-refractivity contribution in [2.75, 3.05) is 5.33 Å². The summed E-state index contributed by atoms with van der Waals surface area (Å²) in [6.45, 7) is 5.02. The third-order valence-corrected chi connectivity index (χ3v) is 6.50. The van der Waals surface area contributed by atoms with Gasteiger partial charge >= 0.3 is 4.87 Å². The largest absolute Gasteiger partial charge is 0.307 e. The van der Waals surface area contributed by atoms with Crippen LogP contribution in [0.5, 0.6) is 0 Å². The van der Waals surface area contributed by atoms with E-state index in [0.717, 1.165) is 17.6 Å². The molecule has 1 aliphatic carbocycles. The van der Waals surface area contributed by atoms with E-state index in [1.165, 1.54) is 54.7 Å². The van der Waals surface area contributed by atoms with Crippen molar-refractivity contribution < 1.29 is 0 Å². The first-order valence-electron chi connectivity index (χ1n) is 6.81. The first kappa shape index (κ1) is 14.3. The van der Waals surface area contributed by atoms with E-state index in [1.807, 2.05) is 11.5 Å². The maximum Gasteiger partial charge on any atom is 0.307 e. The van der Waals surface area contributed by atoms with Crippen LogP contribution < -0.4 is 4.87 Å². The normalized spacial score (nSPS) is 19.7. The number of aryl methyl sites for hydroxylation is 1. The topological polar surface area (TPSA) is 22.0 Å². The smallest absolute Gasteiger partial charge is 0.302 e. The summed E-state index contributed by atoms with van der Waals surface area (Å²) < 4.78 is 2.01. The van der Waals surface area contributed by atoms with Crippen LogP contribution in [-0.2, 0) is 6.54 Å². The fourth-order valence-corrected chi connectivity index (χ4v) is 4.49. The number of hydrogen-bond donors (Lipinski definition) is 0. The molecule has 1 aromatic heterocycles. The molecule has 1 heterocycles. The first-order valence-corrected chi connectivity index (χ1v) is 8.75. The van der Waals surface area contributed by atoms with Crippen LogP contribution in [0.1, 0.15) is 49.1 Å². The molecule has 2 nitrogen and oxygen atoms in total. The van der Waals surface area contributed by atoms with Gasteiger partial charge in [-0.05, 0) is 32.1 Å². The maximum absolute atomic E-state index is 12.0. The van der Waals surface area contributed by atoms with Crippen molar-refractivity contribution >= 4 is 27.3 Å². The molecule has 0 unspecified atom stereocenters. The van der Waals surface area contributed by atoms with Crippen LogP contribution in [0.4, 0.5) is 0 Å². The molecule has 0 aromatic carbocycles. The quantitative estimate of drug-likeness (QED) is 0.599. The molecule has 0 spiro atoms. The average molecular weight is 332 g/mol. The second-order valence-electron chi connectivity index (χ2n) is 5.64. The van der Waals surface area contributed by atoms with Crippen molar-refractivity contribution in [1.82, 2.24) is 4.57 Å². The monoisotopic (exact) mass is 331 g/mol. The Bertz CT molecular complexity index is 455. The predicted molar refractivity (Wildman–Crippen MR) is 82.0 cm³/mol. The van der Waals surface area contributed by atoms with Gasteiger partial charge in [0.1, 0.15) is 0 Å². The van der Waals surface area contributed by atoms with Crippen LogP contribution in [0.3, 0.4) is 0 Å². The van der Waals surface area contributed by atoms with E-state index in [0.29, 0.717) is 5.41 Å². The third kappa shape index (κ3) is 2.90. The van der Waals surface area contributed by atoms with Gasteiger partial charge in [-0.15, -0.1) is 0 Å². The summed E-state index contributed by atoms with van der Waals surface area (Å²) in [5.41, 5.74) is 1.45. The lowest BCUT2D eigenvalue weighted by atomic mass is 9.82. The lowest BCUT2D eigenvalue weighted by Crippen LogP contribution is -2.32. The zero-order valence-corrected chi connectivity index (χ0v) is 13.7. The van der Waals surface area contributed by atoms with E-state index in [-0.39, 0.29) is 4.87 Å². The molecule has 0 amide bonds. The molecule has 2 rings (SSSR count). The summed E-state index contributed by atoms with van der Waals surface area (Å²) in [6.07, 6.45) is 7.82. The number of thiazole rings is 1. The number of halogens is 1. The van der Waals surface area contributed by atoms with E-state index in [2.05, 4.69) is 22.9 Å². The highest BCUT2D eigenvalue weighted by atomic mass is 79.9. The molecule has 1 fully saturated rings. The zero-order valence-electron chi connectivity index (χ0n) is 11.3. The van der Waals surface area contributed by atoms with Crippen LogP contribution in [0, 0.1) is 19.3 Å². The van der Waals surface area contributed by atoms with Gasteiger partial charge < -0.3 is 4.57 Å². The Morgan fingerprint density at radius 1 is 1.22 bits per heavy atom. The summed E-state index contributed by atoms with van der Waals surface area (Å²) in [4.78, 5) is 13.4. The molecule has 1 saturated carbocycles. The lowest BCUT2D eigenvalue weighted by molar-refractivity contribution is 0.239. The highest BCUT2D eigenvalue weighted by Gasteiger charge is 2.31. The van der Waals surface area contributed by atoms with Crippen molar-refractivity contribution in [2.24, 2.45) is 5.41 Å². The second-order valence-corrected chi connectivity index (χ2v) is 7.37. The van der Waals surface area contributed by atoms with E-state index >= 15 is 0 Å². The maximum atomic E-state index is 12.0. The van der Waals surface area contributed by atoms with Gasteiger partial charge in [0.2, 0.25) is 0 Å². The van der Waals surface area contributed by atoms with Crippen molar-refractivity contribution in [1.29, 1.82) is 0 Å². The summed E-state index contributed by atoms with van der Waals surface area (Å²) in [7, 11) is 0. The van der Waals surface area contributed by atoms with E-state index in [1.54, 1.807) is 0 Å². The Kier molecular flexibility index (Phi) is 4.70. The molecule has 0 atom stereocenters. The van der Waals surface area contributed by atoms with Gasteiger partial charge in [0, 0.05) is 22.4 Å². The van der Waals surface area contributed by atoms with E-state index < -0.39 is 0 Å². The Morgan fingerprint density at radius 2 is 1.83 bits per heavy atom. The molecule has 0 aliphatic heterocycles. The Balaban J connectivity index is 2.26. The zero-order chi connectivity index (χ0) is 13.2. The van der Waals surface area contributed by atoms with Gasteiger partial charge in [0.05, 0.1) is 0 Å². The molecular formula is C14H22BrNOS. The van der Waals surface area contributed by atoms with Gasteiger partial charge in [-0.25, -0.2) is 0 Å². The first-order chi connectivity index (χ1) is 8.58. The highest BCUT2D eigenvalue weighted by Crippen LogP contribution is 2.38. The molecule has 102 valence electrons. The SMILES string of the molecule is Cc1sc(=O)n(CC2(CBr)CCCCCC2)c1C. The summed E-state index contributed by atoms with van der Waals surface area (Å²) in [6, 6.07) is 0. The molecular weight excluding hydrogens is 310 g/mol. The minimum absolute atomic E-state index is 0.217. The van der Waals surface area contributed by atoms with Crippen molar-refractivity contribution in [2.45, 2.75) is 58.9 Å². The third-order valence-electron chi connectivity index (χ3n) is 4.32. The van der Waals surface area contributed by atoms with Crippen LogP contribution >= 0.6 is 27.3 Å². The fourth-order valence-electron chi connectivity index (χ4n) is 2.92. The number of aromatic nitrogens is 1. The Labute approximate surface area is 122 Å². The standard InChI is InChI=1S/C14H22BrNOS/c1-11-12(2)18-13(17)16(11)10-14(9-15)7-5-3-4-6-8-14/h3-10H2,1-2H3. The summed E-state index contributed by atoms with van der Waals surface area (Å²) in [5, 5.41) is 1.01. The summed E-state index contributed by atoms with van der Waals surface area (Å²) in [5.74, 6) is 0. The van der Waals surface area contributed by atoms with Crippen LogP contribution in [0.25, 0.3) is 0 Å². The molecule has 4 heteroatoms. The minimum atomic E-state index is 0.217. The summed E-state index contributed by atoms with van der Waals surface area (Å²) >= 11 is 5.10. The molecule has 1 aromatic rings. The van der Waals surface area contributed by atoms with Gasteiger partial charge in [0.25, 0.3) is 0 Å². The van der Waals surface area contributed by atoms with Crippen molar-refractivity contribution in [3.05, 3.63) is 20.2 Å². The van der Waals surface area contributed by atoms with E-state index in [4.69, 9.17) is 0 Å². The van der Waals surface area contributed by atoms with Crippen LogP contribution in [0.2, 0.25) is 0 Å². The van der Waals surface area contributed by atoms with Gasteiger partial charge in [0.15, 0.2) is 0 Å². The highest BCUT2D eigenvalue weighted by molar-refractivity contribution is 9.09. The van der Waals surface area contributed by atoms with Crippen LogP contribution in [-0.4, -0.2) is 9.90 Å². The van der Waals surface area contributed by atoms with Crippen LogP contribution in [0.15, 0.2) is 4.79 Å². The molecule has 0 bridgehead atoms. The second kappa shape index (κ2) is 5.91. The van der Waals surface area contributed by atoms with Crippen molar-refractivity contribution in [3.8, 4) is 0 Å². The van der Waals surface area contributed by atoms with E-state index in [9.17, 15) is 4.79 Å². The lowest BCUT2D eigenvalue weighted by Gasteiger charge is -2.31. The average Bonchev–Trinajstić information content (AvgIpc) is 2.58. The number of rotatable bonds is 3. The predicted octanol–water partition coefficient (Wildman–Crippen LogP) is 4.26. The van der Waals surface area contributed by atoms with Crippen molar-refractivity contribution in [3.63, 3.8) is 0 Å². The Morgan fingerprint density at radius 3 is 2.28 bits per heavy atom. The van der Waals surface area contributed by atoms with Gasteiger partial charge in [-0.2, -0.15) is 0 Å². The Hall–Kier alpha value is -0.0900. The fraction of sp³-hybridized carbons (Fsp3) is 0.786.